The van der Waals surface area contributed by atoms with Crippen LogP contribution in [0.3, 0.4) is 0 Å². The number of hydrogen-bond acceptors (Lipinski definition) is 14. The molecule has 0 amide bonds. The molecular formula is C48H72O14. The normalized spacial score (nSPS) is 49.1. The van der Waals surface area contributed by atoms with E-state index in [2.05, 4.69) is 39.8 Å². The smallest absolute Gasteiger partial charge is 0.316 e. The minimum atomic E-state index is -1.84. The zero-order chi connectivity index (χ0) is 44.7. The molecule has 14 nitrogen and oxygen atoms in total. The molecule has 1 spiro atoms. The van der Waals surface area contributed by atoms with E-state index in [1.807, 2.05) is 32.1 Å². The number of methoxy groups -OCH3 is 2. The fourth-order valence-corrected chi connectivity index (χ4v) is 10.6. The standard InChI is InChI=1S/C48H72O14/c1-11-25(2)43-28(5)17-18-47(62-43)23-34-20-33(61-47)16-15-27(4)42(26(3)13-12-14-32-24-55-45-40(49)29(6)19-35(46(51)58-34)48(32,45)52)59-39-22-37(54-10)44(31(8)57-39)60-38-21-36(53-9)41(50)30(7)56-38/h12-15,17-19,25-26,28,30-31,33-45,49-50,52H,11,16,20-24H2,1-10H3/b13-12-,27-15-,32-14-/t25?,26-,28-,30-,31-,33+,34-,35-,36-,37-,38-,39?,40+,41-,42-,43+,44?,45+,47+,48+/m0/s1. The van der Waals surface area contributed by atoms with Crippen molar-refractivity contribution in [1.82, 2.24) is 0 Å². The lowest BCUT2D eigenvalue weighted by atomic mass is 9.71. The zero-order valence-electron chi connectivity index (χ0n) is 38.2. The Bertz CT molecular complexity index is 1730. The summed E-state index contributed by atoms with van der Waals surface area (Å²) in [4.78, 5) is 14.3. The van der Waals surface area contributed by atoms with Gasteiger partial charge in [0.05, 0.1) is 49.3 Å². The molecule has 3 N–H and O–H groups in total. The molecule has 0 radical (unpaired) electrons. The van der Waals surface area contributed by atoms with Gasteiger partial charge in [0.1, 0.15) is 42.0 Å². The summed E-state index contributed by atoms with van der Waals surface area (Å²) in [5, 5.41) is 34.2. The summed E-state index contributed by atoms with van der Waals surface area (Å²) in [6.45, 7) is 16.1. The highest BCUT2D eigenvalue weighted by molar-refractivity contribution is 5.78. The summed E-state index contributed by atoms with van der Waals surface area (Å²) in [6, 6.07) is 0. The van der Waals surface area contributed by atoms with Crippen LogP contribution in [0.2, 0.25) is 0 Å². The van der Waals surface area contributed by atoms with Crippen molar-refractivity contribution in [3.8, 4) is 0 Å². The van der Waals surface area contributed by atoms with E-state index in [9.17, 15) is 20.1 Å². The van der Waals surface area contributed by atoms with Crippen LogP contribution < -0.4 is 0 Å². The maximum absolute atomic E-state index is 14.3. The number of esters is 1. The summed E-state index contributed by atoms with van der Waals surface area (Å²) >= 11 is 0. The summed E-state index contributed by atoms with van der Waals surface area (Å²) in [5.41, 5.74) is 0.134. The molecule has 1 aliphatic carbocycles. The summed E-state index contributed by atoms with van der Waals surface area (Å²) in [7, 11) is 3.22. The monoisotopic (exact) mass is 872 g/mol. The maximum atomic E-state index is 14.3. The largest absolute Gasteiger partial charge is 0.462 e. The molecule has 348 valence electrons. The second-order valence-electron chi connectivity index (χ2n) is 19.0. The van der Waals surface area contributed by atoms with Gasteiger partial charge in [0.25, 0.3) is 0 Å². The molecule has 6 aliphatic heterocycles. The Kier molecular flexibility index (Phi) is 15.1. The Morgan fingerprint density at radius 2 is 1.60 bits per heavy atom. The van der Waals surface area contributed by atoms with Gasteiger partial charge in [-0.15, -0.1) is 0 Å². The Morgan fingerprint density at radius 3 is 2.32 bits per heavy atom. The van der Waals surface area contributed by atoms with E-state index >= 15 is 0 Å². The number of ether oxygens (including phenoxy) is 10. The lowest BCUT2D eigenvalue weighted by Gasteiger charge is -2.48. The number of aliphatic hydroxyl groups is 3. The van der Waals surface area contributed by atoms with Crippen molar-refractivity contribution in [2.45, 2.75) is 191 Å². The van der Waals surface area contributed by atoms with Gasteiger partial charge in [-0.3, -0.25) is 4.79 Å². The minimum Gasteiger partial charge on any atom is -0.462 e. The number of carbonyl (C=O) groups is 1. The summed E-state index contributed by atoms with van der Waals surface area (Å²) in [5.74, 6) is -2.56. The number of rotatable bonds is 8. The van der Waals surface area contributed by atoms with Crippen LogP contribution in [-0.2, 0) is 52.2 Å². The number of allylic oxidation sites excluding steroid dienone is 2. The van der Waals surface area contributed by atoms with Gasteiger partial charge in [-0.1, -0.05) is 70.6 Å². The number of aliphatic hydroxyl groups excluding tert-OH is 2. The van der Waals surface area contributed by atoms with Gasteiger partial charge in [-0.25, -0.2) is 0 Å². The first-order valence-corrected chi connectivity index (χ1v) is 22.9. The molecule has 4 saturated heterocycles. The van der Waals surface area contributed by atoms with Crippen LogP contribution in [0, 0.1) is 23.7 Å². The van der Waals surface area contributed by atoms with Gasteiger partial charge in [0.15, 0.2) is 18.4 Å². The van der Waals surface area contributed by atoms with Crippen molar-refractivity contribution in [3.63, 3.8) is 0 Å². The number of fused-ring (bicyclic) bond motifs is 2. The quantitative estimate of drug-likeness (QED) is 0.210. The first kappa shape index (κ1) is 47.6. The van der Waals surface area contributed by atoms with Crippen molar-refractivity contribution in [1.29, 1.82) is 0 Å². The second-order valence-corrected chi connectivity index (χ2v) is 19.0. The van der Waals surface area contributed by atoms with E-state index in [0.717, 1.165) is 12.0 Å². The third-order valence-corrected chi connectivity index (χ3v) is 14.5. The second kappa shape index (κ2) is 19.7. The highest BCUT2D eigenvalue weighted by Gasteiger charge is 2.60. The van der Waals surface area contributed by atoms with Crippen LogP contribution in [-0.4, -0.2) is 139 Å². The number of hydrogen-bond donors (Lipinski definition) is 3. The van der Waals surface area contributed by atoms with Gasteiger partial charge in [-0.2, -0.15) is 0 Å². The highest BCUT2D eigenvalue weighted by atomic mass is 16.7. The fraction of sp³-hybridized carbons (Fsp3) is 0.771. The fourth-order valence-electron chi connectivity index (χ4n) is 10.6. The van der Waals surface area contributed by atoms with Gasteiger partial charge in [0.2, 0.25) is 0 Å². The average molecular weight is 873 g/mol. The SMILES string of the molecule is CCC(C)[C@H]1O[C@]2(C=C[C@@H]1C)C[C@@H]1C[C@@H](C/C=C(/C)[C@@H](OC3C[C@H](OC)C(O[C@H]4C[C@H](OC)[C@@H](O)[C@H](C)O4)[C@H](C)O3)[C@@H](C)/C=C\C=C3\CO[C@@H]4[C@H](O)C(C)=C[C@@H](C(=O)O1)[C@]34O)O2. The molecule has 0 aromatic carbocycles. The van der Waals surface area contributed by atoms with Gasteiger partial charge >= 0.3 is 5.97 Å². The van der Waals surface area contributed by atoms with Crippen molar-refractivity contribution in [2.75, 3.05) is 20.8 Å². The van der Waals surface area contributed by atoms with Crippen LogP contribution in [0.5, 0.6) is 0 Å². The molecule has 0 saturated carbocycles. The Labute approximate surface area is 367 Å². The van der Waals surface area contributed by atoms with Gasteiger partial charge < -0.3 is 62.7 Å². The van der Waals surface area contributed by atoms with E-state index in [1.54, 1.807) is 40.2 Å². The molecule has 0 aromatic heterocycles. The molecule has 0 aromatic rings. The van der Waals surface area contributed by atoms with Crippen LogP contribution in [0.1, 0.15) is 93.9 Å². The molecule has 7 aliphatic rings. The van der Waals surface area contributed by atoms with Crippen LogP contribution in [0.25, 0.3) is 0 Å². The molecule has 3 unspecified atom stereocenters. The minimum absolute atomic E-state index is 0.0317. The zero-order valence-corrected chi connectivity index (χ0v) is 38.2. The van der Waals surface area contributed by atoms with E-state index in [-0.39, 0.29) is 42.7 Å². The Morgan fingerprint density at radius 1 is 0.887 bits per heavy atom. The third-order valence-electron chi connectivity index (χ3n) is 14.5. The van der Waals surface area contributed by atoms with Crippen LogP contribution >= 0.6 is 0 Å². The van der Waals surface area contributed by atoms with Crippen molar-refractivity contribution in [3.05, 3.63) is 59.3 Å². The molecule has 20 atom stereocenters. The first-order valence-electron chi connectivity index (χ1n) is 22.9. The van der Waals surface area contributed by atoms with Gasteiger partial charge in [-0.05, 0) is 62.8 Å². The summed E-state index contributed by atoms with van der Waals surface area (Å²) in [6.07, 6.45) is 8.55. The first-order chi connectivity index (χ1) is 29.5. The van der Waals surface area contributed by atoms with E-state index in [0.29, 0.717) is 43.3 Å². The summed E-state index contributed by atoms with van der Waals surface area (Å²) < 4.78 is 63.7. The molecule has 62 heavy (non-hydrogen) atoms. The average Bonchev–Trinajstić information content (AvgIpc) is 3.58. The molecule has 7 rings (SSSR count). The predicted molar refractivity (Wildman–Crippen MR) is 227 cm³/mol. The lowest BCUT2D eigenvalue weighted by molar-refractivity contribution is -0.318. The van der Waals surface area contributed by atoms with Crippen LogP contribution in [0.4, 0.5) is 0 Å². The van der Waals surface area contributed by atoms with E-state index < -0.39 is 90.8 Å². The van der Waals surface area contributed by atoms with Crippen molar-refractivity contribution in [2.24, 2.45) is 23.7 Å². The van der Waals surface area contributed by atoms with Crippen molar-refractivity contribution < 1.29 is 67.5 Å². The Hall–Kier alpha value is -2.31. The third kappa shape index (κ3) is 9.64. The molecule has 2 bridgehead atoms. The van der Waals surface area contributed by atoms with E-state index in [1.165, 1.54) is 0 Å². The van der Waals surface area contributed by atoms with Crippen LogP contribution in [0.15, 0.2) is 59.3 Å². The van der Waals surface area contributed by atoms with E-state index in [4.69, 9.17) is 47.4 Å². The Balaban J connectivity index is 1.18. The molecule has 4 fully saturated rings. The lowest BCUT2D eigenvalue weighted by Crippen LogP contribution is -2.58. The molecular weight excluding hydrogens is 801 g/mol. The predicted octanol–water partition coefficient (Wildman–Crippen LogP) is 5.38. The van der Waals surface area contributed by atoms with Crippen molar-refractivity contribution >= 4 is 5.97 Å². The maximum Gasteiger partial charge on any atom is 0.316 e. The van der Waals surface area contributed by atoms with Gasteiger partial charge in [0, 0.05) is 51.7 Å². The molecule has 14 heteroatoms. The molecule has 6 heterocycles. The highest BCUT2D eigenvalue weighted by Crippen LogP contribution is 2.47. The topological polar surface area (TPSA) is 170 Å². The number of carbonyl (C=O) groups excluding carboxylic acids is 1.